The molecule has 3 aromatic rings. The first-order valence-electron chi connectivity index (χ1n) is 13.0. The molecule has 1 fully saturated rings. The highest BCUT2D eigenvalue weighted by molar-refractivity contribution is 6.30. The first kappa shape index (κ1) is 26.2. The van der Waals surface area contributed by atoms with Crippen molar-refractivity contribution in [3.63, 3.8) is 0 Å². The van der Waals surface area contributed by atoms with Gasteiger partial charge in [0.15, 0.2) is 0 Å². The number of para-hydroxylation sites is 1. The Bertz CT molecular complexity index is 1120. The maximum absolute atomic E-state index is 13.7. The molecule has 7 heteroatoms. The van der Waals surface area contributed by atoms with E-state index in [1.54, 1.807) is 0 Å². The second-order valence-corrected chi connectivity index (χ2v) is 10.4. The minimum atomic E-state index is -0.717. The molecule has 0 N–H and O–H groups in total. The van der Waals surface area contributed by atoms with Gasteiger partial charge in [0, 0.05) is 38.3 Å². The van der Waals surface area contributed by atoms with Crippen molar-refractivity contribution in [3.05, 3.63) is 77.5 Å². The highest BCUT2D eigenvalue weighted by atomic mass is 35.5. The first-order chi connectivity index (χ1) is 17.4. The lowest BCUT2D eigenvalue weighted by molar-refractivity contribution is -0.132. The van der Waals surface area contributed by atoms with E-state index < -0.39 is 5.38 Å². The highest BCUT2D eigenvalue weighted by Gasteiger charge is 2.30. The average Bonchev–Trinajstić information content (AvgIpc) is 3.23. The molecule has 0 radical (unpaired) electrons. The van der Waals surface area contributed by atoms with Crippen molar-refractivity contribution in [2.45, 2.75) is 39.6 Å². The second-order valence-electron chi connectivity index (χ2n) is 9.94. The zero-order valence-electron chi connectivity index (χ0n) is 21.9. The van der Waals surface area contributed by atoms with Gasteiger partial charge < -0.3 is 14.7 Å². The van der Waals surface area contributed by atoms with Crippen LogP contribution in [0.2, 0.25) is 0 Å². The molecule has 1 unspecified atom stereocenters. The van der Waals surface area contributed by atoms with E-state index in [9.17, 15) is 4.79 Å². The molecule has 6 nitrogen and oxygen atoms in total. The molecule has 192 valence electrons. The number of piperazine rings is 1. The molecular weight excluding hydrogens is 470 g/mol. The summed E-state index contributed by atoms with van der Waals surface area (Å²) in [5.41, 5.74) is 3.89. The Labute approximate surface area is 220 Å². The number of anilines is 1. The summed E-state index contributed by atoms with van der Waals surface area (Å²) < 4.78 is 2.06. The molecule has 1 atom stereocenters. The SMILES string of the molecule is CCN1CCN(c2c(CN(CC(C)C)C(=O)C(Cl)c3ccccc3)c(C)nn2-c2ccccc2)CC1. The molecule has 2 heterocycles. The van der Waals surface area contributed by atoms with Crippen molar-refractivity contribution in [2.75, 3.05) is 44.2 Å². The number of hydrogen-bond acceptors (Lipinski definition) is 4. The van der Waals surface area contributed by atoms with Crippen LogP contribution in [-0.2, 0) is 11.3 Å². The summed E-state index contributed by atoms with van der Waals surface area (Å²) in [5.74, 6) is 1.33. The summed E-state index contributed by atoms with van der Waals surface area (Å²) in [7, 11) is 0. The number of aromatic nitrogens is 2. The van der Waals surface area contributed by atoms with Crippen LogP contribution in [0.1, 0.15) is 43.0 Å². The van der Waals surface area contributed by atoms with Gasteiger partial charge in [-0.1, -0.05) is 69.3 Å². The van der Waals surface area contributed by atoms with Crippen molar-refractivity contribution in [1.82, 2.24) is 19.6 Å². The third kappa shape index (κ3) is 5.93. The first-order valence-corrected chi connectivity index (χ1v) is 13.4. The van der Waals surface area contributed by atoms with Gasteiger partial charge >= 0.3 is 0 Å². The maximum Gasteiger partial charge on any atom is 0.245 e. The molecular formula is C29H38ClN5O. The molecule has 0 aliphatic carbocycles. The molecule has 0 saturated carbocycles. The summed E-state index contributed by atoms with van der Waals surface area (Å²) in [6, 6.07) is 19.9. The van der Waals surface area contributed by atoms with E-state index in [1.165, 1.54) is 0 Å². The Kier molecular flexibility index (Phi) is 8.70. The maximum atomic E-state index is 13.7. The Morgan fingerprint density at radius 1 is 1.00 bits per heavy atom. The topological polar surface area (TPSA) is 44.6 Å². The largest absolute Gasteiger partial charge is 0.354 e. The van der Waals surface area contributed by atoms with E-state index in [1.807, 2.05) is 60.4 Å². The number of benzene rings is 2. The summed E-state index contributed by atoms with van der Waals surface area (Å²) in [4.78, 5) is 20.5. The fraction of sp³-hybridized carbons (Fsp3) is 0.448. The van der Waals surface area contributed by atoms with Crippen molar-refractivity contribution in [1.29, 1.82) is 0 Å². The van der Waals surface area contributed by atoms with E-state index >= 15 is 0 Å². The lowest BCUT2D eigenvalue weighted by Gasteiger charge is -2.36. The smallest absolute Gasteiger partial charge is 0.245 e. The Morgan fingerprint density at radius 2 is 1.61 bits per heavy atom. The van der Waals surface area contributed by atoms with Gasteiger partial charge in [-0.3, -0.25) is 4.79 Å². The molecule has 0 spiro atoms. The summed E-state index contributed by atoms with van der Waals surface area (Å²) in [5, 5.41) is 4.26. The fourth-order valence-corrected chi connectivity index (χ4v) is 5.15. The van der Waals surface area contributed by atoms with Gasteiger partial charge in [-0.05, 0) is 37.1 Å². The standard InChI is InChI=1S/C29H38ClN5O/c1-5-32-16-18-33(19-17-32)28-26(23(4)31-35(28)25-14-10-7-11-15-25)21-34(20-22(2)3)29(36)27(30)24-12-8-6-9-13-24/h6-15,22,27H,5,16-21H2,1-4H3. The quantitative estimate of drug-likeness (QED) is 0.369. The van der Waals surface area contributed by atoms with E-state index in [0.717, 1.165) is 61.0 Å². The van der Waals surface area contributed by atoms with Gasteiger partial charge in [-0.15, -0.1) is 11.6 Å². The van der Waals surface area contributed by atoms with E-state index in [0.29, 0.717) is 19.0 Å². The number of hydrogen-bond donors (Lipinski definition) is 0. The predicted molar refractivity (Wildman–Crippen MR) is 148 cm³/mol. The van der Waals surface area contributed by atoms with Crippen LogP contribution < -0.4 is 4.90 Å². The summed E-state index contributed by atoms with van der Waals surface area (Å²) >= 11 is 6.73. The fourth-order valence-electron chi connectivity index (χ4n) is 4.87. The van der Waals surface area contributed by atoms with Crippen molar-refractivity contribution in [3.8, 4) is 5.69 Å². The van der Waals surface area contributed by atoms with Gasteiger partial charge in [-0.2, -0.15) is 5.10 Å². The predicted octanol–water partition coefficient (Wildman–Crippen LogP) is 5.29. The molecule has 0 bridgehead atoms. The Balaban J connectivity index is 1.71. The number of carbonyl (C=O) groups is 1. The Hall–Kier alpha value is -2.83. The highest BCUT2D eigenvalue weighted by Crippen LogP contribution is 2.31. The molecule has 1 aromatic heterocycles. The zero-order chi connectivity index (χ0) is 25.7. The minimum absolute atomic E-state index is 0.0646. The zero-order valence-corrected chi connectivity index (χ0v) is 22.7. The van der Waals surface area contributed by atoms with Gasteiger partial charge in [0.1, 0.15) is 11.2 Å². The van der Waals surface area contributed by atoms with Gasteiger partial charge in [0.25, 0.3) is 0 Å². The second kappa shape index (κ2) is 11.9. The number of amides is 1. The van der Waals surface area contributed by atoms with Crippen molar-refractivity contribution < 1.29 is 4.79 Å². The Morgan fingerprint density at radius 3 is 2.19 bits per heavy atom. The van der Waals surface area contributed by atoms with Crippen molar-refractivity contribution in [2.24, 2.45) is 5.92 Å². The van der Waals surface area contributed by atoms with Crippen LogP contribution in [0.15, 0.2) is 60.7 Å². The number of nitrogens with zero attached hydrogens (tertiary/aromatic N) is 5. The number of alkyl halides is 1. The average molecular weight is 508 g/mol. The van der Waals surface area contributed by atoms with Crippen LogP contribution in [0, 0.1) is 12.8 Å². The van der Waals surface area contributed by atoms with Crippen LogP contribution in [0.5, 0.6) is 0 Å². The summed E-state index contributed by atoms with van der Waals surface area (Å²) in [6.45, 7) is 14.6. The van der Waals surface area contributed by atoms with Crippen LogP contribution in [0.4, 0.5) is 5.82 Å². The number of halogens is 1. The summed E-state index contributed by atoms with van der Waals surface area (Å²) in [6.07, 6.45) is 0. The lowest BCUT2D eigenvalue weighted by atomic mass is 10.1. The van der Waals surface area contributed by atoms with Gasteiger partial charge in [0.05, 0.1) is 17.9 Å². The molecule has 1 amide bonds. The third-order valence-corrected chi connectivity index (χ3v) is 7.27. The number of aryl methyl sites for hydroxylation is 1. The number of carbonyl (C=O) groups excluding carboxylic acids is 1. The van der Waals surface area contributed by atoms with Gasteiger partial charge in [-0.25, -0.2) is 4.68 Å². The van der Waals surface area contributed by atoms with Crippen LogP contribution in [0.25, 0.3) is 5.69 Å². The lowest BCUT2D eigenvalue weighted by Crippen LogP contribution is -2.47. The monoisotopic (exact) mass is 507 g/mol. The van der Waals surface area contributed by atoms with Crippen LogP contribution >= 0.6 is 11.6 Å². The normalized spacial score (nSPS) is 15.3. The molecule has 36 heavy (non-hydrogen) atoms. The molecule has 1 saturated heterocycles. The van der Waals surface area contributed by atoms with Crippen LogP contribution in [-0.4, -0.2) is 64.8 Å². The molecule has 4 rings (SSSR count). The molecule has 2 aromatic carbocycles. The van der Waals surface area contributed by atoms with Crippen LogP contribution in [0.3, 0.4) is 0 Å². The molecule has 1 aliphatic heterocycles. The number of likely N-dealkylation sites (N-methyl/N-ethyl adjacent to an activating group) is 1. The minimum Gasteiger partial charge on any atom is -0.354 e. The van der Waals surface area contributed by atoms with E-state index in [4.69, 9.17) is 16.7 Å². The number of rotatable bonds is 9. The third-order valence-electron chi connectivity index (χ3n) is 6.83. The van der Waals surface area contributed by atoms with Gasteiger partial charge in [0.2, 0.25) is 5.91 Å². The van der Waals surface area contributed by atoms with Crippen molar-refractivity contribution >= 4 is 23.3 Å². The van der Waals surface area contributed by atoms with E-state index in [2.05, 4.69) is 47.4 Å². The van der Waals surface area contributed by atoms with E-state index in [-0.39, 0.29) is 5.91 Å². The molecule has 1 aliphatic rings.